The molecule has 1 aromatic heterocycles. The first-order chi connectivity index (χ1) is 13.8. The molecule has 0 radical (unpaired) electrons. The fraction of sp³-hybridized carbons (Fsp3) is 0.381. The lowest BCUT2D eigenvalue weighted by atomic mass is 9.71. The maximum absolute atomic E-state index is 13.0. The van der Waals surface area contributed by atoms with Crippen LogP contribution in [0.15, 0.2) is 35.3 Å². The number of carbonyl (C=O) groups is 2. The average Bonchev–Trinajstić information content (AvgIpc) is 2.71. The van der Waals surface area contributed by atoms with Gasteiger partial charge in [0.2, 0.25) is 5.43 Å². The molecular formula is C21H21FN2O5. The van der Waals surface area contributed by atoms with Gasteiger partial charge in [-0.15, -0.1) is 0 Å². The molecule has 2 aromatic rings. The number of nitrogens with one attached hydrogen (secondary N) is 1. The second-order valence-corrected chi connectivity index (χ2v) is 7.74. The van der Waals surface area contributed by atoms with Gasteiger partial charge in [-0.1, -0.05) is 12.1 Å². The number of ether oxygens (including phenoxy) is 1. The van der Waals surface area contributed by atoms with Crippen LogP contribution in [0.25, 0.3) is 0 Å². The Kier molecular flexibility index (Phi) is 4.74. The van der Waals surface area contributed by atoms with E-state index in [1.807, 2.05) is 0 Å². The van der Waals surface area contributed by atoms with Gasteiger partial charge >= 0.3 is 0 Å². The summed E-state index contributed by atoms with van der Waals surface area (Å²) < 4.78 is 20.2. The van der Waals surface area contributed by atoms with Crippen molar-refractivity contribution in [3.05, 3.63) is 63.3 Å². The van der Waals surface area contributed by atoms with Crippen LogP contribution < -0.4 is 10.7 Å². The van der Waals surface area contributed by atoms with E-state index < -0.39 is 22.5 Å². The van der Waals surface area contributed by atoms with Gasteiger partial charge < -0.3 is 19.7 Å². The van der Waals surface area contributed by atoms with E-state index in [0.717, 1.165) is 6.42 Å². The van der Waals surface area contributed by atoms with Crippen LogP contribution in [0, 0.1) is 11.2 Å². The van der Waals surface area contributed by atoms with Crippen molar-refractivity contribution >= 4 is 11.7 Å². The highest BCUT2D eigenvalue weighted by molar-refractivity contribution is 6.03. The Morgan fingerprint density at radius 1 is 1.34 bits per heavy atom. The molecule has 7 nitrogen and oxygen atoms in total. The molecule has 0 aliphatic carbocycles. The fourth-order valence-electron chi connectivity index (χ4n) is 4.05. The Morgan fingerprint density at radius 3 is 2.79 bits per heavy atom. The van der Waals surface area contributed by atoms with Crippen molar-refractivity contribution in [2.24, 2.45) is 5.41 Å². The summed E-state index contributed by atoms with van der Waals surface area (Å²) in [6.07, 6.45) is 2.26. The van der Waals surface area contributed by atoms with Crippen LogP contribution in [0.3, 0.4) is 0 Å². The minimum atomic E-state index is -0.889. The Hall–Kier alpha value is -3.00. The van der Waals surface area contributed by atoms with Crippen molar-refractivity contribution in [2.45, 2.75) is 39.0 Å². The number of nitrogens with zero attached hydrogens (tertiary/aromatic N) is 1. The maximum Gasteiger partial charge on any atom is 0.257 e. The molecule has 0 bridgehead atoms. The SMILES string of the molecule is C[C@]12CCCO[C@H]1Cn1cc(C(=O)NCc3ccc(F)cc3)c(=O)c(O)c1C2=O. The third kappa shape index (κ3) is 3.23. The van der Waals surface area contributed by atoms with Gasteiger partial charge in [-0.05, 0) is 37.5 Å². The van der Waals surface area contributed by atoms with E-state index in [1.54, 1.807) is 6.92 Å². The number of aromatic nitrogens is 1. The number of benzene rings is 1. The lowest BCUT2D eigenvalue weighted by molar-refractivity contribution is -0.0740. The number of aromatic hydroxyl groups is 1. The van der Waals surface area contributed by atoms with E-state index in [9.17, 15) is 23.9 Å². The van der Waals surface area contributed by atoms with Crippen molar-refractivity contribution in [1.29, 1.82) is 0 Å². The summed E-state index contributed by atoms with van der Waals surface area (Å²) in [6.45, 7) is 2.68. The lowest BCUT2D eigenvalue weighted by Gasteiger charge is -2.44. The second-order valence-electron chi connectivity index (χ2n) is 7.74. The number of amides is 1. The predicted molar refractivity (Wildman–Crippen MR) is 101 cm³/mol. The second kappa shape index (κ2) is 7.11. The number of hydrogen-bond acceptors (Lipinski definition) is 5. The quantitative estimate of drug-likeness (QED) is 0.821. The zero-order valence-electron chi connectivity index (χ0n) is 15.9. The summed E-state index contributed by atoms with van der Waals surface area (Å²) in [5, 5.41) is 13.0. The largest absolute Gasteiger partial charge is 0.503 e. The molecule has 1 saturated heterocycles. The number of pyridine rings is 1. The zero-order chi connectivity index (χ0) is 20.8. The number of carbonyl (C=O) groups excluding carboxylic acids is 2. The van der Waals surface area contributed by atoms with Gasteiger partial charge in [-0.25, -0.2) is 4.39 Å². The van der Waals surface area contributed by atoms with Crippen LogP contribution in [-0.4, -0.2) is 34.1 Å². The van der Waals surface area contributed by atoms with Gasteiger partial charge in [0, 0.05) is 19.3 Å². The lowest BCUT2D eigenvalue weighted by Crippen LogP contribution is -2.52. The van der Waals surface area contributed by atoms with Crippen molar-refractivity contribution in [2.75, 3.05) is 6.61 Å². The summed E-state index contributed by atoms with van der Waals surface area (Å²) in [7, 11) is 0. The Labute approximate surface area is 166 Å². The molecule has 1 fully saturated rings. The van der Waals surface area contributed by atoms with E-state index in [2.05, 4.69) is 5.32 Å². The zero-order valence-corrected chi connectivity index (χ0v) is 15.9. The molecule has 2 atom stereocenters. The molecule has 152 valence electrons. The van der Waals surface area contributed by atoms with Crippen LogP contribution in [-0.2, 0) is 17.8 Å². The van der Waals surface area contributed by atoms with E-state index in [1.165, 1.54) is 35.0 Å². The predicted octanol–water partition coefficient (Wildman–Crippen LogP) is 2.00. The molecule has 4 rings (SSSR count). The molecule has 0 unspecified atom stereocenters. The van der Waals surface area contributed by atoms with Gasteiger partial charge in [0.1, 0.15) is 17.1 Å². The summed E-state index contributed by atoms with van der Waals surface area (Å²) >= 11 is 0. The van der Waals surface area contributed by atoms with Crippen molar-refractivity contribution in [1.82, 2.24) is 9.88 Å². The number of hydrogen-bond donors (Lipinski definition) is 2. The topological polar surface area (TPSA) is 97.6 Å². The minimum absolute atomic E-state index is 0.0747. The molecule has 29 heavy (non-hydrogen) atoms. The summed E-state index contributed by atoms with van der Waals surface area (Å²) in [4.78, 5) is 38.2. The number of ketones is 1. The Balaban J connectivity index is 1.64. The van der Waals surface area contributed by atoms with Crippen LogP contribution in [0.2, 0.25) is 0 Å². The number of halogens is 1. The number of fused-ring (bicyclic) bond motifs is 2. The first kappa shape index (κ1) is 19.3. The van der Waals surface area contributed by atoms with Crippen LogP contribution in [0.1, 0.15) is 46.2 Å². The molecule has 2 N–H and O–H groups in total. The summed E-state index contributed by atoms with van der Waals surface area (Å²) in [6, 6.07) is 5.58. The van der Waals surface area contributed by atoms with Crippen LogP contribution in [0.5, 0.6) is 5.75 Å². The van der Waals surface area contributed by atoms with E-state index >= 15 is 0 Å². The van der Waals surface area contributed by atoms with Crippen molar-refractivity contribution in [3.8, 4) is 5.75 Å². The molecule has 2 aliphatic rings. The smallest absolute Gasteiger partial charge is 0.257 e. The third-order valence-electron chi connectivity index (χ3n) is 5.83. The number of Topliss-reactive ketones (excluding diaryl/α,β-unsaturated/α-hetero) is 1. The fourth-order valence-corrected chi connectivity index (χ4v) is 4.05. The average molecular weight is 400 g/mol. The molecular weight excluding hydrogens is 379 g/mol. The van der Waals surface area contributed by atoms with E-state index in [4.69, 9.17) is 4.74 Å². The molecule has 2 aliphatic heterocycles. The normalized spacial score (nSPS) is 23.2. The Morgan fingerprint density at radius 2 is 2.07 bits per heavy atom. The highest BCUT2D eigenvalue weighted by Gasteiger charge is 2.49. The van der Waals surface area contributed by atoms with Gasteiger partial charge in [-0.3, -0.25) is 14.4 Å². The summed E-state index contributed by atoms with van der Waals surface area (Å²) in [5.74, 6) is -2.13. The highest BCUT2D eigenvalue weighted by atomic mass is 19.1. The molecule has 0 spiro atoms. The maximum atomic E-state index is 13.0. The van der Waals surface area contributed by atoms with Gasteiger partial charge in [0.05, 0.1) is 18.1 Å². The van der Waals surface area contributed by atoms with Gasteiger partial charge in [0.25, 0.3) is 5.91 Å². The first-order valence-electron chi connectivity index (χ1n) is 9.46. The van der Waals surface area contributed by atoms with E-state index in [-0.39, 0.29) is 42.1 Å². The highest BCUT2D eigenvalue weighted by Crippen LogP contribution is 2.42. The molecule has 3 heterocycles. The molecule has 1 amide bonds. The van der Waals surface area contributed by atoms with E-state index in [0.29, 0.717) is 18.6 Å². The molecule has 8 heteroatoms. The van der Waals surface area contributed by atoms with Crippen molar-refractivity contribution < 1.29 is 23.8 Å². The molecule has 0 saturated carbocycles. The molecule has 1 aromatic carbocycles. The number of rotatable bonds is 3. The van der Waals surface area contributed by atoms with Crippen LogP contribution >= 0.6 is 0 Å². The van der Waals surface area contributed by atoms with Gasteiger partial charge in [-0.2, -0.15) is 0 Å². The Bertz CT molecular complexity index is 1050. The standard InChI is InChI=1S/C21H21FN2O5/c1-21-7-2-8-29-15(21)11-24-10-14(17(25)18(26)16(24)19(21)27)20(28)23-9-12-3-5-13(22)6-4-12/h3-6,10,15,26H,2,7-9,11H2,1H3,(H,23,28)/t15-,21-/m0/s1. The third-order valence-corrected chi connectivity index (χ3v) is 5.83. The monoisotopic (exact) mass is 400 g/mol. The minimum Gasteiger partial charge on any atom is -0.503 e. The van der Waals surface area contributed by atoms with Gasteiger partial charge in [0.15, 0.2) is 11.5 Å². The van der Waals surface area contributed by atoms with Crippen molar-refractivity contribution in [3.63, 3.8) is 0 Å². The van der Waals surface area contributed by atoms with Crippen LogP contribution in [0.4, 0.5) is 4.39 Å². The summed E-state index contributed by atoms with van der Waals surface area (Å²) in [5.41, 5.74) is -1.37. The first-order valence-corrected chi connectivity index (χ1v) is 9.46.